The number of rotatable bonds is 5. The summed E-state index contributed by atoms with van der Waals surface area (Å²) in [6, 6.07) is 27.2. The largest absolute Gasteiger partial charge is 0.350 e. The molecule has 0 spiro atoms. The van der Waals surface area contributed by atoms with Crippen molar-refractivity contribution in [1.82, 2.24) is 14.8 Å². The van der Waals surface area contributed by atoms with Crippen LogP contribution in [0.3, 0.4) is 0 Å². The van der Waals surface area contributed by atoms with E-state index in [1.807, 2.05) is 90.4 Å². The molecule has 0 saturated heterocycles. The van der Waals surface area contributed by atoms with Crippen LogP contribution in [0.25, 0.3) is 10.9 Å². The Morgan fingerprint density at radius 2 is 1.69 bits per heavy atom. The van der Waals surface area contributed by atoms with E-state index < -0.39 is 6.04 Å². The zero-order valence-corrected chi connectivity index (χ0v) is 18.0. The van der Waals surface area contributed by atoms with E-state index in [9.17, 15) is 9.59 Å². The van der Waals surface area contributed by atoms with Crippen molar-refractivity contribution in [2.75, 3.05) is 0 Å². The van der Waals surface area contributed by atoms with E-state index in [2.05, 4.69) is 11.4 Å². The highest BCUT2D eigenvalue weighted by molar-refractivity contribution is 6.02. The fourth-order valence-electron chi connectivity index (χ4n) is 4.46. The van der Waals surface area contributed by atoms with Gasteiger partial charge in [0, 0.05) is 24.0 Å². The number of amides is 2. The zero-order valence-electron chi connectivity index (χ0n) is 18.0. The van der Waals surface area contributed by atoms with Crippen molar-refractivity contribution in [3.05, 3.63) is 107 Å². The highest BCUT2D eigenvalue weighted by atomic mass is 16.2. The number of aryl methyl sites for hydroxylation is 1. The molecule has 1 aliphatic rings. The fourth-order valence-corrected chi connectivity index (χ4v) is 4.46. The van der Waals surface area contributed by atoms with Crippen LogP contribution >= 0.6 is 0 Å². The minimum atomic E-state index is -0.588. The molecule has 0 bridgehead atoms. The van der Waals surface area contributed by atoms with Crippen LogP contribution < -0.4 is 5.32 Å². The normalized spacial score (nSPS) is 15.6. The van der Waals surface area contributed by atoms with Crippen LogP contribution in [-0.2, 0) is 24.4 Å². The SMILES string of the molecule is Cc1cccc(CN2C(=O)c3cc4ccccc4n3C[C@H]2C(=O)NCc2ccccc2)c1. The van der Waals surface area contributed by atoms with E-state index in [0.717, 1.165) is 27.6 Å². The van der Waals surface area contributed by atoms with Crippen molar-refractivity contribution in [3.63, 3.8) is 0 Å². The van der Waals surface area contributed by atoms with E-state index in [-0.39, 0.29) is 11.8 Å². The number of aromatic nitrogens is 1. The third-order valence-electron chi connectivity index (χ3n) is 6.07. The lowest BCUT2D eigenvalue weighted by molar-refractivity contribution is -0.126. The molecule has 2 amide bonds. The molecule has 160 valence electrons. The van der Waals surface area contributed by atoms with E-state index >= 15 is 0 Å². The second-order valence-electron chi connectivity index (χ2n) is 8.34. The Balaban J connectivity index is 1.48. The molecule has 2 heterocycles. The third kappa shape index (κ3) is 3.78. The summed E-state index contributed by atoms with van der Waals surface area (Å²) in [5, 5.41) is 4.05. The number of nitrogens with one attached hydrogen (secondary N) is 1. The molecule has 0 saturated carbocycles. The lowest BCUT2D eigenvalue weighted by atomic mass is 10.1. The highest BCUT2D eigenvalue weighted by Crippen LogP contribution is 2.28. The first-order valence-corrected chi connectivity index (χ1v) is 10.9. The molecule has 4 aromatic rings. The van der Waals surface area contributed by atoms with Crippen molar-refractivity contribution < 1.29 is 9.59 Å². The van der Waals surface area contributed by atoms with Crippen molar-refractivity contribution in [1.29, 1.82) is 0 Å². The van der Waals surface area contributed by atoms with Gasteiger partial charge in [-0.25, -0.2) is 0 Å². The maximum absolute atomic E-state index is 13.6. The molecule has 0 aliphatic carbocycles. The number of carbonyl (C=O) groups is 2. The van der Waals surface area contributed by atoms with Gasteiger partial charge in [-0.1, -0.05) is 78.4 Å². The highest BCUT2D eigenvalue weighted by Gasteiger charge is 2.37. The number of para-hydroxylation sites is 1. The Morgan fingerprint density at radius 1 is 0.938 bits per heavy atom. The Bertz CT molecular complexity index is 1290. The number of benzene rings is 3. The molecule has 3 aromatic carbocycles. The van der Waals surface area contributed by atoms with Crippen LogP contribution in [0.4, 0.5) is 0 Å². The molecule has 1 aliphatic heterocycles. The molecule has 5 rings (SSSR count). The fraction of sp³-hybridized carbons (Fsp3) is 0.185. The molecule has 1 atom stereocenters. The Kier molecular flexibility index (Phi) is 5.23. The summed E-state index contributed by atoms with van der Waals surface area (Å²) in [4.78, 5) is 28.6. The quantitative estimate of drug-likeness (QED) is 0.521. The van der Waals surface area contributed by atoms with E-state index in [1.54, 1.807) is 4.90 Å². The summed E-state index contributed by atoms with van der Waals surface area (Å²) in [6.45, 7) is 3.29. The van der Waals surface area contributed by atoms with E-state index in [1.165, 1.54) is 0 Å². The number of carbonyl (C=O) groups excluding carboxylic acids is 2. The summed E-state index contributed by atoms with van der Waals surface area (Å²) in [5.74, 6) is -0.257. The van der Waals surface area contributed by atoms with Gasteiger partial charge in [-0.2, -0.15) is 0 Å². The summed E-state index contributed by atoms with van der Waals surface area (Å²) in [7, 11) is 0. The summed E-state index contributed by atoms with van der Waals surface area (Å²) >= 11 is 0. The topological polar surface area (TPSA) is 54.3 Å². The number of fused-ring (bicyclic) bond motifs is 3. The van der Waals surface area contributed by atoms with Crippen molar-refractivity contribution in [2.45, 2.75) is 32.6 Å². The van der Waals surface area contributed by atoms with Crippen LogP contribution in [-0.4, -0.2) is 27.3 Å². The van der Waals surface area contributed by atoms with Crippen LogP contribution in [0.5, 0.6) is 0 Å². The first-order chi connectivity index (χ1) is 15.6. The molecule has 1 N–H and O–H groups in total. The minimum absolute atomic E-state index is 0.117. The third-order valence-corrected chi connectivity index (χ3v) is 6.07. The van der Waals surface area contributed by atoms with Gasteiger partial charge in [-0.15, -0.1) is 0 Å². The standard InChI is InChI=1S/C27H25N3O2/c1-19-8-7-11-21(14-19)17-30-25(26(31)28-16-20-9-3-2-4-10-20)18-29-23-13-6-5-12-22(23)15-24(29)27(30)32/h2-15,25H,16-18H2,1H3,(H,28,31)/t25-/m0/s1. The van der Waals surface area contributed by atoms with Gasteiger partial charge in [0.1, 0.15) is 11.7 Å². The lowest BCUT2D eigenvalue weighted by Gasteiger charge is -2.36. The second kappa shape index (κ2) is 8.35. The lowest BCUT2D eigenvalue weighted by Crippen LogP contribution is -2.54. The van der Waals surface area contributed by atoms with Crippen molar-refractivity contribution in [2.24, 2.45) is 0 Å². The van der Waals surface area contributed by atoms with E-state index in [0.29, 0.717) is 25.3 Å². The van der Waals surface area contributed by atoms with Crippen molar-refractivity contribution >= 4 is 22.7 Å². The van der Waals surface area contributed by atoms with Crippen molar-refractivity contribution in [3.8, 4) is 0 Å². The molecule has 0 fully saturated rings. The average Bonchev–Trinajstić information content (AvgIpc) is 3.19. The molecule has 0 radical (unpaired) electrons. The summed E-state index contributed by atoms with van der Waals surface area (Å²) < 4.78 is 1.98. The minimum Gasteiger partial charge on any atom is -0.350 e. The maximum Gasteiger partial charge on any atom is 0.271 e. The molecule has 5 heteroatoms. The van der Waals surface area contributed by atoms with Crippen LogP contribution in [0.15, 0.2) is 84.9 Å². The molecule has 0 unspecified atom stereocenters. The molecule has 1 aromatic heterocycles. The van der Waals surface area contributed by atoms with Gasteiger partial charge in [0.15, 0.2) is 0 Å². The van der Waals surface area contributed by atoms with Gasteiger partial charge in [0.05, 0.1) is 6.54 Å². The zero-order chi connectivity index (χ0) is 22.1. The summed E-state index contributed by atoms with van der Waals surface area (Å²) in [5.41, 5.74) is 4.79. The monoisotopic (exact) mass is 423 g/mol. The van der Waals surface area contributed by atoms with Gasteiger partial charge < -0.3 is 14.8 Å². The smallest absolute Gasteiger partial charge is 0.271 e. The first-order valence-electron chi connectivity index (χ1n) is 10.9. The Labute approximate surface area is 187 Å². The maximum atomic E-state index is 13.6. The number of hydrogen-bond acceptors (Lipinski definition) is 2. The molecule has 32 heavy (non-hydrogen) atoms. The molecular weight excluding hydrogens is 398 g/mol. The van der Waals surface area contributed by atoms with Gasteiger partial charge >= 0.3 is 0 Å². The van der Waals surface area contributed by atoms with Gasteiger partial charge in [-0.05, 0) is 30.2 Å². The van der Waals surface area contributed by atoms with Crippen LogP contribution in [0, 0.1) is 6.92 Å². The Morgan fingerprint density at radius 3 is 2.50 bits per heavy atom. The van der Waals surface area contributed by atoms with Crippen LogP contribution in [0.2, 0.25) is 0 Å². The van der Waals surface area contributed by atoms with Gasteiger partial charge in [-0.3, -0.25) is 9.59 Å². The average molecular weight is 424 g/mol. The second-order valence-corrected chi connectivity index (χ2v) is 8.34. The predicted octanol–water partition coefficient (Wildman–Crippen LogP) is 4.29. The first kappa shape index (κ1) is 20.1. The number of hydrogen-bond donors (Lipinski definition) is 1. The van der Waals surface area contributed by atoms with Gasteiger partial charge in [0.2, 0.25) is 5.91 Å². The number of nitrogens with zero attached hydrogens (tertiary/aromatic N) is 2. The predicted molar refractivity (Wildman–Crippen MR) is 125 cm³/mol. The van der Waals surface area contributed by atoms with Crippen LogP contribution in [0.1, 0.15) is 27.2 Å². The molecule has 5 nitrogen and oxygen atoms in total. The summed E-state index contributed by atoms with van der Waals surface area (Å²) in [6.07, 6.45) is 0. The van der Waals surface area contributed by atoms with Gasteiger partial charge in [0.25, 0.3) is 5.91 Å². The Hall–Kier alpha value is -3.86. The van der Waals surface area contributed by atoms with E-state index in [4.69, 9.17) is 0 Å². The molecular formula is C27H25N3O2.